The Balaban J connectivity index is 2.44. The largest absolute Gasteiger partial charge is 0.310 e. The molecule has 0 spiro atoms. The van der Waals surface area contributed by atoms with Gasteiger partial charge in [-0.05, 0) is 29.3 Å². The zero-order valence-electron chi connectivity index (χ0n) is 10.7. The summed E-state index contributed by atoms with van der Waals surface area (Å²) in [5, 5.41) is 6.31. The van der Waals surface area contributed by atoms with E-state index in [-0.39, 0.29) is 0 Å². The molecule has 0 aliphatic carbocycles. The summed E-state index contributed by atoms with van der Waals surface area (Å²) in [4.78, 5) is 0. The lowest BCUT2D eigenvalue weighted by molar-refractivity contribution is 0.512. The summed E-state index contributed by atoms with van der Waals surface area (Å²) in [6.07, 6.45) is 2.41. The van der Waals surface area contributed by atoms with Gasteiger partial charge in [0.2, 0.25) is 0 Å². The molecule has 0 amide bonds. The summed E-state index contributed by atoms with van der Waals surface area (Å²) in [6, 6.07) is 15.7. The molecule has 1 nitrogen and oxygen atoms in total. The van der Waals surface area contributed by atoms with Crippen molar-refractivity contribution in [2.45, 2.75) is 32.7 Å². The summed E-state index contributed by atoms with van der Waals surface area (Å²) in [5.74, 6) is 0. The third kappa shape index (κ3) is 2.67. The smallest absolute Gasteiger partial charge is 0.0326 e. The van der Waals surface area contributed by atoms with Gasteiger partial charge in [0.25, 0.3) is 0 Å². The normalized spacial score (nSPS) is 12.8. The predicted molar refractivity (Wildman–Crippen MR) is 75.3 cm³/mol. The first-order chi connectivity index (χ1) is 8.36. The Bertz CT molecular complexity index is 464. The molecule has 0 heterocycles. The van der Waals surface area contributed by atoms with E-state index < -0.39 is 0 Å². The lowest BCUT2D eigenvalue weighted by Crippen LogP contribution is -2.20. The molecule has 1 unspecified atom stereocenters. The molecule has 1 N–H and O–H groups in total. The summed E-state index contributed by atoms with van der Waals surface area (Å²) in [5.41, 5.74) is 1.44. The Morgan fingerprint density at radius 2 is 1.76 bits per heavy atom. The minimum Gasteiger partial charge on any atom is -0.310 e. The Labute approximate surface area is 104 Å². The SMILES string of the molecule is CCCC(NCC)c1cccc2ccccc12. The van der Waals surface area contributed by atoms with E-state index >= 15 is 0 Å². The van der Waals surface area contributed by atoms with Crippen LogP contribution in [0, 0.1) is 0 Å². The van der Waals surface area contributed by atoms with Crippen molar-refractivity contribution in [3.63, 3.8) is 0 Å². The van der Waals surface area contributed by atoms with Crippen LogP contribution in [0.3, 0.4) is 0 Å². The van der Waals surface area contributed by atoms with E-state index in [2.05, 4.69) is 61.6 Å². The van der Waals surface area contributed by atoms with Gasteiger partial charge in [-0.1, -0.05) is 62.7 Å². The second-order valence-corrected chi connectivity index (χ2v) is 4.47. The minimum atomic E-state index is 0.482. The van der Waals surface area contributed by atoms with Crippen molar-refractivity contribution in [1.82, 2.24) is 5.32 Å². The fraction of sp³-hybridized carbons (Fsp3) is 0.375. The first-order valence-corrected chi connectivity index (χ1v) is 6.57. The summed E-state index contributed by atoms with van der Waals surface area (Å²) in [7, 11) is 0. The van der Waals surface area contributed by atoms with Gasteiger partial charge < -0.3 is 5.32 Å². The van der Waals surface area contributed by atoms with Crippen LogP contribution in [0.5, 0.6) is 0 Å². The first-order valence-electron chi connectivity index (χ1n) is 6.57. The molecule has 2 aromatic carbocycles. The van der Waals surface area contributed by atoms with Gasteiger partial charge in [0.05, 0.1) is 0 Å². The van der Waals surface area contributed by atoms with E-state index in [1.807, 2.05) is 0 Å². The van der Waals surface area contributed by atoms with E-state index in [0.29, 0.717) is 6.04 Å². The van der Waals surface area contributed by atoms with Gasteiger partial charge in [-0.2, -0.15) is 0 Å². The minimum absolute atomic E-state index is 0.482. The highest BCUT2D eigenvalue weighted by Crippen LogP contribution is 2.26. The Morgan fingerprint density at radius 1 is 1.00 bits per heavy atom. The van der Waals surface area contributed by atoms with E-state index in [9.17, 15) is 0 Å². The number of hydrogen-bond donors (Lipinski definition) is 1. The van der Waals surface area contributed by atoms with Gasteiger partial charge in [0.15, 0.2) is 0 Å². The van der Waals surface area contributed by atoms with E-state index in [1.54, 1.807) is 0 Å². The molecule has 0 aliphatic heterocycles. The number of hydrogen-bond acceptors (Lipinski definition) is 1. The number of rotatable bonds is 5. The molecule has 2 aromatic rings. The zero-order chi connectivity index (χ0) is 12.1. The second-order valence-electron chi connectivity index (χ2n) is 4.47. The standard InChI is InChI=1S/C16H21N/c1-3-8-16(17-4-2)15-12-7-10-13-9-5-6-11-14(13)15/h5-7,9-12,16-17H,3-4,8H2,1-2H3. The third-order valence-electron chi connectivity index (χ3n) is 3.23. The Kier molecular flexibility index (Phi) is 4.16. The highest BCUT2D eigenvalue weighted by molar-refractivity contribution is 5.86. The first kappa shape index (κ1) is 12.1. The van der Waals surface area contributed by atoms with Crippen LogP contribution in [0.4, 0.5) is 0 Å². The molecule has 0 fully saturated rings. The highest BCUT2D eigenvalue weighted by atomic mass is 14.9. The molecule has 0 aromatic heterocycles. The van der Waals surface area contributed by atoms with Gasteiger partial charge in [0.1, 0.15) is 0 Å². The van der Waals surface area contributed by atoms with Crippen molar-refractivity contribution in [1.29, 1.82) is 0 Å². The van der Waals surface area contributed by atoms with Crippen LogP contribution in [0.2, 0.25) is 0 Å². The molecule has 0 saturated carbocycles. The van der Waals surface area contributed by atoms with Crippen molar-refractivity contribution in [2.24, 2.45) is 0 Å². The van der Waals surface area contributed by atoms with Gasteiger partial charge in [-0.15, -0.1) is 0 Å². The molecule has 1 atom stereocenters. The maximum Gasteiger partial charge on any atom is 0.0326 e. The maximum atomic E-state index is 3.59. The molecule has 0 aliphatic rings. The third-order valence-corrected chi connectivity index (χ3v) is 3.23. The van der Waals surface area contributed by atoms with Crippen LogP contribution >= 0.6 is 0 Å². The van der Waals surface area contributed by atoms with E-state index in [4.69, 9.17) is 0 Å². The molecular formula is C16H21N. The van der Waals surface area contributed by atoms with Crippen molar-refractivity contribution in [3.05, 3.63) is 48.0 Å². The fourth-order valence-electron chi connectivity index (χ4n) is 2.46. The molecule has 0 saturated heterocycles. The summed E-state index contributed by atoms with van der Waals surface area (Å²) >= 11 is 0. The molecule has 2 rings (SSSR count). The van der Waals surface area contributed by atoms with E-state index in [0.717, 1.165) is 6.54 Å². The van der Waals surface area contributed by atoms with Crippen LogP contribution in [-0.4, -0.2) is 6.54 Å². The molecule has 90 valence electrons. The Hall–Kier alpha value is -1.34. The van der Waals surface area contributed by atoms with Gasteiger partial charge in [-0.25, -0.2) is 0 Å². The van der Waals surface area contributed by atoms with Crippen molar-refractivity contribution in [2.75, 3.05) is 6.54 Å². The average molecular weight is 227 g/mol. The maximum absolute atomic E-state index is 3.59. The van der Waals surface area contributed by atoms with Crippen LogP contribution < -0.4 is 5.32 Å². The monoisotopic (exact) mass is 227 g/mol. The van der Waals surface area contributed by atoms with Crippen molar-refractivity contribution >= 4 is 10.8 Å². The van der Waals surface area contributed by atoms with Crippen LogP contribution in [0.15, 0.2) is 42.5 Å². The van der Waals surface area contributed by atoms with E-state index in [1.165, 1.54) is 29.2 Å². The van der Waals surface area contributed by atoms with Crippen molar-refractivity contribution < 1.29 is 0 Å². The predicted octanol–water partition coefficient (Wildman–Crippen LogP) is 4.29. The Morgan fingerprint density at radius 3 is 2.53 bits per heavy atom. The van der Waals surface area contributed by atoms with Crippen LogP contribution in [0.25, 0.3) is 10.8 Å². The number of nitrogens with one attached hydrogen (secondary N) is 1. The summed E-state index contributed by atoms with van der Waals surface area (Å²) in [6.45, 7) is 5.44. The number of fused-ring (bicyclic) bond motifs is 1. The highest BCUT2D eigenvalue weighted by Gasteiger charge is 2.11. The lowest BCUT2D eigenvalue weighted by atomic mass is 9.96. The molecule has 0 radical (unpaired) electrons. The topological polar surface area (TPSA) is 12.0 Å². The molecule has 17 heavy (non-hydrogen) atoms. The molecule has 0 bridgehead atoms. The second kappa shape index (κ2) is 5.83. The van der Waals surface area contributed by atoms with Crippen molar-refractivity contribution in [3.8, 4) is 0 Å². The van der Waals surface area contributed by atoms with Crippen LogP contribution in [0.1, 0.15) is 38.3 Å². The number of benzene rings is 2. The fourth-order valence-corrected chi connectivity index (χ4v) is 2.46. The van der Waals surface area contributed by atoms with Gasteiger partial charge in [-0.3, -0.25) is 0 Å². The quantitative estimate of drug-likeness (QED) is 0.803. The lowest BCUT2D eigenvalue weighted by Gasteiger charge is -2.19. The van der Waals surface area contributed by atoms with Gasteiger partial charge >= 0.3 is 0 Å². The molecule has 1 heteroatoms. The van der Waals surface area contributed by atoms with Gasteiger partial charge in [0, 0.05) is 6.04 Å². The average Bonchev–Trinajstić information content (AvgIpc) is 2.38. The summed E-state index contributed by atoms with van der Waals surface area (Å²) < 4.78 is 0. The molecular weight excluding hydrogens is 206 g/mol. The van der Waals surface area contributed by atoms with Crippen LogP contribution in [-0.2, 0) is 0 Å². The zero-order valence-corrected chi connectivity index (χ0v) is 10.7.